The highest BCUT2D eigenvalue weighted by Crippen LogP contribution is 2.35. The van der Waals surface area contributed by atoms with E-state index < -0.39 is 0 Å². The molecule has 1 heterocycles. The first-order valence-electron chi connectivity index (χ1n) is 5.63. The highest BCUT2D eigenvalue weighted by atomic mass is 16.5. The molecule has 18 heavy (non-hydrogen) atoms. The molecule has 5 nitrogen and oxygen atoms in total. The van der Waals surface area contributed by atoms with Crippen LogP contribution < -0.4 is 15.2 Å². The first-order chi connectivity index (χ1) is 8.69. The molecular formula is C13H17N3O2. The Morgan fingerprint density at radius 2 is 2.00 bits per heavy atom. The molecule has 0 aliphatic carbocycles. The molecule has 1 unspecified atom stereocenters. The molecular weight excluding hydrogens is 230 g/mol. The summed E-state index contributed by atoms with van der Waals surface area (Å²) in [4.78, 5) is 0. The van der Waals surface area contributed by atoms with Crippen LogP contribution in [-0.2, 0) is 7.05 Å². The molecule has 0 amide bonds. The Labute approximate surface area is 106 Å². The van der Waals surface area contributed by atoms with Gasteiger partial charge in [0.25, 0.3) is 0 Å². The van der Waals surface area contributed by atoms with E-state index in [1.807, 2.05) is 31.3 Å². The van der Waals surface area contributed by atoms with Gasteiger partial charge in [0.2, 0.25) is 0 Å². The average molecular weight is 247 g/mol. The Balaban J connectivity index is 2.48. The van der Waals surface area contributed by atoms with Crippen molar-refractivity contribution in [1.29, 1.82) is 0 Å². The first-order valence-corrected chi connectivity index (χ1v) is 5.63. The average Bonchev–Trinajstić information content (AvgIpc) is 2.83. The predicted octanol–water partition coefficient (Wildman–Crippen LogP) is 1.49. The van der Waals surface area contributed by atoms with Crippen molar-refractivity contribution in [3.05, 3.63) is 41.7 Å². The van der Waals surface area contributed by atoms with E-state index in [4.69, 9.17) is 15.2 Å². The monoisotopic (exact) mass is 247 g/mol. The lowest BCUT2D eigenvalue weighted by atomic mass is 10.0. The summed E-state index contributed by atoms with van der Waals surface area (Å²) in [5.74, 6) is 1.33. The zero-order valence-corrected chi connectivity index (χ0v) is 10.8. The van der Waals surface area contributed by atoms with Crippen LogP contribution in [0.25, 0.3) is 0 Å². The SMILES string of the molecule is COc1cccc(C(N)c2ccnn2C)c1OC. The second-order valence-electron chi connectivity index (χ2n) is 3.94. The zero-order valence-electron chi connectivity index (χ0n) is 10.8. The third-order valence-electron chi connectivity index (χ3n) is 2.95. The molecule has 0 spiro atoms. The maximum Gasteiger partial charge on any atom is 0.165 e. The minimum Gasteiger partial charge on any atom is -0.493 e. The Morgan fingerprint density at radius 1 is 1.22 bits per heavy atom. The van der Waals surface area contributed by atoms with Crippen LogP contribution in [0.5, 0.6) is 11.5 Å². The Bertz CT molecular complexity index is 537. The molecule has 0 aliphatic rings. The van der Waals surface area contributed by atoms with Crippen LogP contribution in [-0.4, -0.2) is 24.0 Å². The van der Waals surface area contributed by atoms with Gasteiger partial charge in [0, 0.05) is 18.8 Å². The van der Waals surface area contributed by atoms with E-state index in [9.17, 15) is 0 Å². The van der Waals surface area contributed by atoms with Gasteiger partial charge in [-0.3, -0.25) is 4.68 Å². The molecule has 0 fully saturated rings. The van der Waals surface area contributed by atoms with Gasteiger partial charge in [-0.25, -0.2) is 0 Å². The van der Waals surface area contributed by atoms with Crippen molar-refractivity contribution >= 4 is 0 Å². The lowest BCUT2D eigenvalue weighted by Gasteiger charge is -2.18. The summed E-state index contributed by atoms with van der Waals surface area (Å²) in [5, 5.41) is 4.13. The van der Waals surface area contributed by atoms with Crippen LogP contribution >= 0.6 is 0 Å². The van der Waals surface area contributed by atoms with E-state index in [-0.39, 0.29) is 6.04 Å². The summed E-state index contributed by atoms with van der Waals surface area (Å²) in [5.41, 5.74) is 8.06. The number of rotatable bonds is 4. The molecule has 2 N–H and O–H groups in total. The van der Waals surface area contributed by atoms with E-state index in [1.54, 1.807) is 25.1 Å². The van der Waals surface area contributed by atoms with Crippen LogP contribution in [0, 0.1) is 0 Å². The number of hydrogen-bond donors (Lipinski definition) is 1. The van der Waals surface area contributed by atoms with Gasteiger partial charge >= 0.3 is 0 Å². The minimum absolute atomic E-state index is 0.303. The third-order valence-corrected chi connectivity index (χ3v) is 2.95. The summed E-state index contributed by atoms with van der Waals surface area (Å²) < 4.78 is 12.4. The number of para-hydroxylation sites is 1. The number of aromatic nitrogens is 2. The van der Waals surface area contributed by atoms with Crippen molar-refractivity contribution in [3.8, 4) is 11.5 Å². The molecule has 5 heteroatoms. The predicted molar refractivity (Wildman–Crippen MR) is 68.8 cm³/mol. The molecule has 0 aliphatic heterocycles. The van der Waals surface area contributed by atoms with Gasteiger partial charge in [-0.05, 0) is 12.1 Å². The van der Waals surface area contributed by atoms with Crippen molar-refractivity contribution < 1.29 is 9.47 Å². The topological polar surface area (TPSA) is 62.3 Å². The summed E-state index contributed by atoms with van der Waals surface area (Å²) in [6.45, 7) is 0. The van der Waals surface area contributed by atoms with Crippen LogP contribution in [0.3, 0.4) is 0 Å². The second-order valence-corrected chi connectivity index (χ2v) is 3.94. The summed E-state index contributed by atoms with van der Waals surface area (Å²) >= 11 is 0. The maximum atomic E-state index is 6.27. The van der Waals surface area contributed by atoms with Gasteiger partial charge in [-0.1, -0.05) is 12.1 Å². The number of ether oxygens (including phenoxy) is 2. The molecule has 0 saturated heterocycles. The maximum absolute atomic E-state index is 6.27. The normalized spacial score (nSPS) is 12.2. The van der Waals surface area contributed by atoms with Gasteiger partial charge in [0.05, 0.1) is 26.0 Å². The number of nitrogens with zero attached hydrogens (tertiary/aromatic N) is 2. The number of nitrogens with two attached hydrogens (primary N) is 1. The molecule has 0 saturated carbocycles. The Morgan fingerprint density at radius 3 is 2.56 bits per heavy atom. The zero-order chi connectivity index (χ0) is 13.1. The van der Waals surface area contributed by atoms with Gasteiger partial charge in [-0.15, -0.1) is 0 Å². The minimum atomic E-state index is -0.303. The molecule has 1 atom stereocenters. The standard InChI is InChI=1S/C13H17N3O2/c1-16-10(7-8-15-16)12(14)9-5-4-6-11(17-2)13(9)18-3/h4-8,12H,14H2,1-3H3. The number of hydrogen-bond acceptors (Lipinski definition) is 4. The molecule has 0 radical (unpaired) electrons. The molecule has 2 rings (SSSR count). The number of methoxy groups -OCH3 is 2. The van der Waals surface area contributed by atoms with E-state index >= 15 is 0 Å². The molecule has 96 valence electrons. The smallest absolute Gasteiger partial charge is 0.165 e. The Hall–Kier alpha value is -2.01. The number of benzene rings is 1. The van der Waals surface area contributed by atoms with Gasteiger partial charge in [0.1, 0.15) is 0 Å². The molecule has 2 aromatic rings. The fraction of sp³-hybridized carbons (Fsp3) is 0.308. The van der Waals surface area contributed by atoms with E-state index in [0.717, 1.165) is 11.3 Å². The van der Waals surface area contributed by atoms with Crippen LogP contribution in [0.4, 0.5) is 0 Å². The van der Waals surface area contributed by atoms with E-state index in [2.05, 4.69) is 5.10 Å². The van der Waals surface area contributed by atoms with E-state index in [0.29, 0.717) is 11.5 Å². The lowest BCUT2D eigenvalue weighted by molar-refractivity contribution is 0.350. The number of aryl methyl sites for hydroxylation is 1. The molecule has 0 bridgehead atoms. The van der Waals surface area contributed by atoms with Crippen molar-refractivity contribution in [2.24, 2.45) is 12.8 Å². The lowest BCUT2D eigenvalue weighted by Crippen LogP contribution is -2.17. The quantitative estimate of drug-likeness (QED) is 0.889. The summed E-state index contributed by atoms with van der Waals surface area (Å²) in [6.07, 6.45) is 1.72. The second kappa shape index (κ2) is 5.10. The molecule has 1 aromatic carbocycles. The van der Waals surface area contributed by atoms with Crippen LogP contribution in [0.1, 0.15) is 17.3 Å². The van der Waals surface area contributed by atoms with Crippen molar-refractivity contribution in [1.82, 2.24) is 9.78 Å². The van der Waals surface area contributed by atoms with Gasteiger partial charge in [-0.2, -0.15) is 5.10 Å². The third kappa shape index (κ3) is 2.04. The fourth-order valence-corrected chi connectivity index (χ4v) is 2.01. The van der Waals surface area contributed by atoms with Crippen LogP contribution in [0.15, 0.2) is 30.5 Å². The van der Waals surface area contributed by atoms with Crippen molar-refractivity contribution in [2.75, 3.05) is 14.2 Å². The summed E-state index contributed by atoms with van der Waals surface area (Å²) in [6, 6.07) is 7.26. The fourth-order valence-electron chi connectivity index (χ4n) is 2.01. The highest BCUT2D eigenvalue weighted by molar-refractivity contribution is 5.49. The largest absolute Gasteiger partial charge is 0.493 e. The summed E-state index contributed by atoms with van der Waals surface area (Å²) in [7, 11) is 5.08. The highest BCUT2D eigenvalue weighted by Gasteiger charge is 2.19. The van der Waals surface area contributed by atoms with E-state index in [1.165, 1.54) is 0 Å². The van der Waals surface area contributed by atoms with Gasteiger partial charge < -0.3 is 15.2 Å². The Kier molecular flexibility index (Phi) is 3.53. The van der Waals surface area contributed by atoms with Crippen LogP contribution in [0.2, 0.25) is 0 Å². The van der Waals surface area contributed by atoms with Crippen molar-refractivity contribution in [3.63, 3.8) is 0 Å². The van der Waals surface area contributed by atoms with Crippen molar-refractivity contribution in [2.45, 2.75) is 6.04 Å². The first kappa shape index (κ1) is 12.4. The van der Waals surface area contributed by atoms with Gasteiger partial charge in [0.15, 0.2) is 11.5 Å². The molecule has 1 aromatic heterocycles.